The van der Waals surface area contributed by atoms with E-state index in [1.165, 1.54) is 0 Å². The molecule has 0 spiro atoms. The molecule has 1 aromatic rings. The Morgan fingerprint density at radius 1 is 1.17 bits per heavy atom. The molecule has 1 aromatic carbocycles. The number of anilines is 1. The third kappa shape index (κ3) is 4.73. The maximum absolute atomic E-state index is 12.6. The molecule has 1 fully saturated rings. The topological polar surface area (TPSA) is 84.2 Å². The molecule has 2 amide bonds. The van der Waals surface area contributed by atoms with Gasteiger partial charge in [0.15, 0.2) is 0 Å². The first-order valence-electron chi connectivity index (χ1n) is 9.00. The monoisotopic (exact) mass is 331 g/mol. The predicted molar refractivity (Wildman–Crippen MR) is 96.4 cm³/mol. The van der Waals surface area contributed by atoms with Crippen LogP contribution in [-0.4, -0.2) is 23.9 Å². The molecule has 1 saturated carbocycles. The maximum Gasteiger partial charge on any atom is 0.245 e. The number of para-hydroxylation sites is 1. The molecular weight excluding hydrogens is 302 g/mol. The van der Waals surface area contributed by atoms with Gasteiger partial charge < -0.3 is 16.4 Å². The Labute approximate surface area is 144 Å². The minimum absolute atomic E-state index is 0.0309. The van der Waals surface area contributed by atoms with Crippen molar-refractivity contribution >= 4 is 17.5 Å². The van der Waals surface area contributed by atoms with E-state index in [-0.39, 0.29) is 11.8 Å². The van der Waals surface area contributed by atoms with Crippen molar-refractivity contribution in [3.8, 4) is 0 Å². The second-order valence-electron chi connectivity index (χ2n) is 6.65. The highest BCUT2D eigenvalue weighted by Crippen LogP contribution is 2.29. The number of nitrogens with two attached hydrogens (primary N) is 1. The molecule has 2 rings (SSSR count). The second kappa shape index (κ2) is 8.71. The summed E-state index contributed by atoms with van der Waals surface area (Å²) in [6.07, 6.45) is 6.35. The molecule has 0 aromatic heterocycles. The highest BCUT2D eigenvalue weighted by molar-refractivity contribution is 5.91. The van der Waals surface area contributed by atoms with Crippen LogP contribution in [0.2, 0.25) is 0 Å². The van der Waals surface area contributed by atoms with Crippen molar-refractivity contribution in [2.24, 2.45) is 0 Å². The molecule has 0 heterocycles. The minimum Gasteiger partial charge on any atom is -0.399 e. The van der Waals surface area contributed by atoms with Gasteiger partial charge in [0, 0.05) is 18.7 Å². The van der Waals surface area contributed by atoms with E-state index in [4.69, 9.17) is 5.73 Å². The van der Waals surface area contributed by atoms with Gasteiger partial charge in [0.1, 0.15) is 5.54 Å². The van der Waals surface area contributed by atoms with Crippen molar-refractivity contribution in [3.05, 3.63) is 29.8 Å². The summed E-state index contributed by atoms with van der Waals surface area (Å²) in [7, 11) is 0. The van der Waals surface area contributed by atoms with Gasteiger partial charge in [-0.05, 0) is 37.3 Å². The van der Waals surface area contributed by atoms with E-state index < -0.39 is 5.54 Å². The fourth-order valence-corrected chi connectivity index (χ4v) is 3.31. The number of hydrogen-bond acceptors (Lipinski definition) is 3. The molecule has 0 saturated heterocycles. The highest BCUT2D eigenvalue weighted by Gasteiger charge is 2.40. The van der Waals surface area contributed by atoms with Crippen LogP contribution < -0.4 is 16.4 Å². The first-order valence-corrected chi connectivity index (χ1v) is 9.00. The van der Waals surface area contributed by atoms with E-state index in [0.717, 1.165) is 44.1 Å². The van der Waals surface area contributed by atoms with Gasteiger partial charge in [-0.2, -0.15) is 0 Å². The average Bonchev–Trinajstić information content (AvgIpc) is 2.59. The smallest absolute Gasteiger partial charge is 0.245 e. The van der Waals surface area contributed by atoms with Crippen molar-refractivity contribution in [3.63, 3.8) is 0 Å². The molecule has 0 aliphatic heterocycles. The quantitative estimate of drug-likeness (QED) is 0.671. The first-order chi connectivity index (χ1) is 11.6. The van der Waals surface area contributed by atoms with Crippen LogP contribution in [-0.2, 0) is 16.0 Å². The average molecular weight is 331 g/mol. The third-order valence-electron chi connectivity index (χ3n) is 4.73. The minimum atomic E-state index is -0.729. The Hall–Kier alpha value is -2.04. The van der Waals surface area contributed by atoms with Gasteiger partial charge in [-0.25, -0.2) is 0 Å². The molecule has 24 heavy (non-hydrogen) atoms. The molecule has 5 nitrogen and oxygen atoms in total. The molecule has 1 aliphatic carbocycles. The third-order valence-corrected chi connectivity index (χ3v) is 4.73. The Kier molecular flexibility index (Phi) is 6.64. The van der Waals surface area contributed by atoms with E-state index >= 15 is 0 Å². The lowest BCUT2D eigenvalue weighted by molar-refractivity contribution is -0.135. The fourth-order valence-electron chi connectivity index (χ4n) is 3.31. The molecule has 0 unspecified atom stereocenters. The molecular formula is C19H29N3O2. The number of benzene rings is 1. The lowest BCUT2D eigenvalue weighted by atomic mass is 9.80. The van der Waals surface area contributed by atoms with Crippen LogP contribution in [0.15, 0.2) is 24.3 Å². The predicted octanol–water partition coefficient (Wildman–Crippen LogP) is 2.55. The number of rotatable bonds is 7. The van der Waals surface area contributed by atoms with Crippen LogP contribution in [0.3, 0.4) is 0 Å². The summed E-state index contributed by atoms with van der Waals surface area (Å²) >= 11 is 0. The van der Waals surface area contributed by atoms with Crippen molar-refractivity contribution in [2.45, 2.75) is 63.8 Å². The van der Waals surface area contributed by atoms with Crippen LogP contribution in [0.25, 0.3) is 0 Å². The summed E-state index contributed by atoms with van der Waals surface area (Å²) in [5.41, 5.74) is 6.87. The number of nitrogen functional groups attached to an aromatic ring is 1. The molecule has 1 aliphatic rings. The zero-order valence-electron chi connectivity index (χ0n) is 14.6. The number of carbonyl (C=O) groups is 2. The van der Waals surface area contributed by atoms with Gasteiger partial charge in [-0.15, -0.1) is 0 Å². The lowest BCUT2D eigenvalue weighted by Gasteiger charge is -2.36. The number of carbonyl (C=O) groups excluding carboxylic acids is 2. The van der Waals surface area contributed by atoms with Gasteiger partial charge in [0.05, 0.1) is 0 Å². The van der Waals surface area contributed by atoms with E-state index in [2.05, 4.69) is 10.6 Å². The highest BCUT2D eigenvalue weighted by atomic mass is 16.2. The summed E-state index contributed by atoms with van der Waals surface area (Å²) in [5, 5.41) is 6.00. The SMILES string of the molecule is CCCNC(=O)C1(NC(=O)CCc2ccccc2N)CCCCC1. The summed E-state index contributed by atoms with van der Waals surface area (Å²) < 4.78 is 0. The Balaban J connectivity index is 1.97. The van der Waals surface area contributed by atoms with Crippen molar-refractivity contribution in [2.75, 3.05) is 12.3 Å². The van der Waals surface area contributed by atoms with Gasteiger partial charge >= 0.3 is 0 Å². The number of amides is 2. The van der Waals surface area contributed by atoms with Crippen molar-refractivity contribution in [1.29, 1.82) is 0 Å². The largest absolute Gasteiger partial charge is 0.399 e. The van der Waals surface area contributed by atoms with Crippen LogP contribution in [0.4, 0.5) is 5.69 Å². The summed E-state index contributed by atoms with van der Waals surface area (Å²) in [4.78, 5) is 25.0. The number of aryl methyl sites for hydroxylation is 1. The van der Waals surface area contributed by atoms with Crippen molar-refractivity contribution < 1.29 is 9.59 Å². The van der Waals surface area contributed by atoms with E-state index in [1.54, 1.807) is 0 Å². The van der Waals surface area contributed by atoms with E-state index in [1.807, 2.05) is 31.2 Å². The summed E-state index contributed by atoms with van der Waals surface area (Å²) in [6.45, 7) is 2.67. The van der Waals surface area contributed by atoms with Crippen molar-refractivity contribution in [1.82, 2.24) is 10.6 Å². The normalized spacial score (nSPS) is 16.4. The molecule has 132 valence electrons. The summed E-state index contributed by atoms with van der Waals surface area (Å²) in [5.74, 6) is -0.108. The number of hydrogen-bond donors (Lipinski definition) is 3. The van der Waals surface area contributed by atoms with Crippen LogP contribution in [0, 0.1) is 0 Å². The molecule has 0 atom stereocenters. The zero-order valence-corrected chi connectivity index (χ0v) is 14.6. The van der Waals surface area contributed by atoms with E-state index in [0.29, 0.717) is 25.1 Å². The van der Waals surface area contributed by atoms with Crippen LogP contribution in [0.1, 0.15) is 57.4 Å². The molecule has 0 bridgehead atoms. The molecule has 5 heteroatoms. The Morgan fingerprint density at radius 2 is 1.88 bits per heavy atom. The first kappa shape index (κ1) is 18.3. The summed E-state index contributed by atoms with van der Waals surface area (Å²) in [6, 6.07) is 7.58. The standard InChI is InChI=1S/C19H29N3O2/c1-2-14-21-18(24)19(12-6-3-7-13-19)22-17(23)11-10-15-8-4-5-9-16(15)20/h4-5,8-9H,2-3,6-7,10-14,20H2,1H3,(H,21,24)(H,22,23). The van der Waals surface area contributed by atoms with Crippen LogP contribution in [0.5, 0.6) is 0 Å². The Morgan fingerprint density at radius 3 is 2.54 bits per heavy atom. The second-order valence-corrected chi connectivity index (χ2v) is 6.65. The molecule has 0 radical (unpaired) electrons. The zero-order chi connectivity index (χ0) is 17.4. The van der Waals surface area contributed by atoms with Gasteiger partial charge in [0.25, 0.3) is 0 Å². The van der Waals surface area contributed by atoms with Crippen LogP contribution >= 0.6 is 0 Å². The maximum atomic E-state index is 12.6. The number of nitrogens with one attached hydrogen (secondary N) is 2. The van der Waals surface area contributed by atoms with Gasteiger partial charge in [0.2, 0.25) is 11.8 Å². The van der Waals surface area contributed by atoms with E-state index in [9.17, 15) is 9.59 Å². The lowest BCUT2D eigenvalue weighted by Crippen LogP contribution is -2.59. The van der Waals surface area contributed by atoms with Gasteiger partial charge in [-0.1, -0.05) is 44.4 Å². The molecule has 4 N–H and O–H groups in total. The fraction of sp³-hybridized carbons (Fsp3) is 0.579. The Bertz CT molecular complexity index is 565. The van der Waals surface area contributed by atoms with Gasteiger partial charge in [-0.3, -0.25) is 9.59 Å².